The Morgan fingerprint density at radius 3 is 2.21 bits per heavy atom. The van der Waals surface area contributed by atoms with Crippen LogP contribution in [-0.2, 0) is 21.2 Å². The lowest BCUT2D eigenvalue weighted by Crippen LogP contribution is -2.46. The summed E-state index contributed by atoms with van der Waals surface area (Å²) in [4.78, 5) is 15.1. The van der Waals surface area contributed by atoms with E-state index in [0.29, 0.717) is 31.8 Å². The molecule has 2 saturated heterocycles. The van der Waals surface area contributed by atoms with Gasteiger partial charge in [-0.3, -0.25) is 4.79 Å². The summed E-state index contributed by atoms with van der Waals surface area (Å²) in [6.45, 7) is 2.22. The normalized spacial score (nSPS) is 18.7. The molecular weight excluding hydrogens is 434 g/mol. The van der Waals surface area contributed by atoms with Crippen LogP contribution in [0.15, 0.2) is 59.5 Å². The Labute approximate surface area is 196 Å². The predicted octanol–water partition coefficient (Wildman–Crippen LogP) is 3.83. The lowest BCUT2D eigenvalue weighted by atomic mass is 9.89. The number of likely N-dealkylation sites (tertiary alicyclic amines) is 1. The van der Waals surface area contributed by atoms with E-state index in [1.54, 1.807) is 12.1 Å². The van der Waals surface area contributed by atoms with E-state index >= 15 is 0 Å². The maximum absolute atomic E-state index is 13.1. The largest absolute Gasteiger partial charge is 0.342 e. The van der Waals surface area contributed by atoms with E-state index in [1.807, 2.05) is 17.0 Å². The van der Waals surface area contributed by atoms with Crippen molar-refractivity contribution in [3.8, 4) is 6.07 Å². The SMILES string of the molecule is N#Cc1ccccc1S(=O)(=O)N1CCC(C(=O)N2CCC(CCc3ccccc3)CC2)CC1. The average molecular weight is 466 g/mol. The molecule has 174 valence electrons. The number of hydrogen-bond acceptors (Lipinski definition) is 4. The number of rotatable bonds is 6. The van der Waals surface area contributed by atoms with Crippen molar-refractivity contribution in [1.29, 1.82) is 5.26 Å². The van der Waals surface area contributed by atoms with Gasteiger partial charge >= 0.3 is 0 Å². The van der Waals surface area contributed by atoms with Crippen molar-refractivity contribution in [1.82, 2.24) is 9.21 Å². The topological polar surface area (TPSA) is 81.5 Å². The minimum atomic E-state index is -3.73. The van der Waals surface area contributed by atoms with Gasteiger partial charge in [0.15, 0.2) is 0 Å². The number of aryl methyl sites for hydroxylation is 1. The summed E-state index contributed by atoms with van der Waals surface area (Å²) in [5, 5.41) is 9.27. The lowest BCUT2D eigenvalue weighted by molar-refractivity contribution is -0.138. The molecule has 0 N–H and O–H groups in total. The first-order valence-electron chi connectivity index (χ1n) is 11.8. The number of nitriles is 1. The highest BCUT2D eigenvalue weighted by Gasteiger charge is 2.35. The first kappa shape index (κ1) is 23.5. The molecule has 7 heteroatoms. The van der Waals surface area contributed by atoms with Crippen molar-refractivity contribution < 1.29 is 13.2 Å². The van der Waals surface area contributed by atoms with E-state index in [9.17, 15) is 18.5 Å². The highest BCUT2D eigenvalue weighted by molar-refractivity contribution is 7.89. The quantitative estimate of drug-likeness (QED) is 0.649. The third-order valence-corrected chi connectivity index (χ3v) is 9.00. The average Bonchev–Trinajstić information content (AvgIpc) is 2.88. The summed E-state index contributed by atoms with van der Waals surface area (Å²) in [5.74, 6) is 0.705. The number of nitrogens with zero attached hydrogens (tertiary/aromatic N) is 3. The van der Waals surface area contributed by atoms with Crippen molar-refractivity contribution in [3.63, 3.8) is 0 Å². The zero-order valence-corrected chi connectivity index (χ0v) is 19.7. The Hall–Kier alpha value is -2.69. The van der Waals surface area contributed by atoms with Crippen LogP contribution < -0.4 is 0 Å². The third kappa shape index (κ3) is 5.45. The van der Waals surface area contributed by atoms with Gasteiger partial charge in [0.1, 0.15) is 6.07 Å². The first-order chi connectivity index (χ1) is 16.0. The third-order valence-electron chi connectivity index (χ3n) is 7.04. The van der Waals surface area contributed by atoms with Gasteiger partial charge in [0.2, 0.25) is 15.9 Å². The first-order valence-corrected chi connectivity index (χ1v) is 13.2. The predicted molar refractivity (Wildman–Crippen MR) is 127 cm³/mol. The van der Waals surface area contributed by atoms with Crippen molar-refractivity contribution in [2.45, 2.75) is 43.4 Å². The molecule has 2 aliphatic heterocycles. The minimum Gasteiger partial charge on any atom is -0.342 e. The van der Waals surface area contributed by atoms with Crippen molar-refractivity contribution in [2.75, 3.05) is 26.2 Å². The molecule has 2 fully saturated rings. The van der Waals surface area contributed by atoms with E-state index in [-0.39, 0.29) is 22.3 Å². The molecule has 2 heterocycles. The fraction of sp³-hybridized carbons (Fsp3) is 0.462. The van der Waals surface area contributed by atoms with Crippen LogP contribution in [0.4, 0.5) is 0 Å². The van der Waals surface area contributed by atoms with Gasteiger partial charge in [-0.15, -0.1) is 0 Å². The van der Waals surface area contributed by atoms with Gasteiger partial charge in [0.25, 0.3) is 0 Å². The molecule has 0 saturated carbocycles. The van der Waals surface area contributed by atoms with E-state index < -0.39 is 10.0 Å². The molecule has 0 radical (unpaired) electrons. The van der Waals surface area contributed by atoms with Gasteiger partial charge in [-0.2, -0.15) is 9.57 Å². The van der Waals surface area contributed by atoms with Crippen LogP contribution >= 0.6 is 0 Å². The number of benzene rings is 2. The van der Waals surface area contributed by atoms with Gasteiger partial charge in [-0.05, 0) is 62.1 Å². The van der Waals surface area contributed by atoms with Gasteiger partial charge in [-0.1, -0.05) is 42.5 Å². The van der Waals surface area contributed by atoms with Crippen LogP contribution in [0, 0.1) is 23.2 Å². The number of carbonyl (C=O) groups is 1. The van der Waals surface area contributed by atoms with Crippen molar-refractivity contribution in [3.05, 3.63) is 65.7 Å². The maximum Gasteiger partial charge on any atom is 0.244 e. The molecule has 0 spiro atoms. The monoisotopic (exact) mass is 465 g/mol. The summed E-state index contributed by atoms with van der Waals surface area (Å²) >= 11 is 0. The van der Waals surface area contributed by atoms with Crippen LogP contribution in [0.3, 0.4) is 0 Å². The van der Waals surface area contributed by atoms with Crippen LogP contribution in [0.2, 0.25) is 0 Å². The number of hydrogen-bond donors (Lipinski definition) is 0. The smallest absolute Gasteiger partial charge is 0.244 e. The van der Waals surface area contributed by atoms with E-state index in [1.165, 1.54) is 22.0 Å². The summed E-state index contributed by atoms with van der Waals surface area (Å²) in [5.41, 5.74) is 1.53. The second-order valence-electron chi connectivity index (χ2n) is 9.08. The van der Waals surface area contributed by atoms with Gasteiger partial charge in [0, 0.05) is 32.1 Å². The Morgan fingerprint density at radius 2 is 1.55 bits per heavy atom. The van der Waals surface area contributed by atoms with Crippen molar-refractivity contribution >= 4 is 15.9 Å². The van der Waals surface area contributed by atoms with Gasteiger partial charge in [-0.25, -0.2) is 8.42 Å². The number of carbonyl (C=O) groups excluding carboxylic acids is 1. The minimum absolute atomic E-state index is 0.0508. The van der Waals surface area contributed by atoms with Gasteiger partial charge in [0.05, 0.1) is 10.5 Å². The Bertz CT molecular complexity index is 1100. The molecule has 2 aromatic rings. The Balaban J connectivity index is 1.26. The summed E-state index contributed by atoms with van der Waals surface area (Å²) in [6, 6.07) is 18.8. The molecule has 33 heavy (non-hydrogen) atoms. The molecule has 6 nitrogen and oxygen atoms in total. The van der Waals surface area contributed by atoms with Crippen molar-refractivity contribution in [2.24, 2.45) is 11.8 Å². The highest BCUT2D eigenvalue weighted by atomic mass is 32.2. The summed E-state index contributed by atoms with van der Waals surface area (Å²) < 4.78 is 27.5. The van der Waals surface area contributed by atoms with E-state index in [4.69, 9.17) is 0 Å². The number of piperidine rings is 2. The molecule has 0 unspecified atom stereocenters. The summed E-state index contributed by atoms with van der Waals surface area (Å²) in [6.07, 6.45) is 5.38. The highest BCUT2D eigenvalue weighted by Crippen LogP contribution is 2.29. The molecule has 0 aromatic heterocycles. The molecule has 0 atom stereocenters. The van der Waals surface area contributed by atoms with Crippen LogP contribution in [0.25, 0.3) is 0 Å². The van der Waals surface area contributed by atoms with Crippen LogP contribution in [-0.4, -0.2) is 49.7 Å². The van der Waals surface area contributed by atoms with E-state index in [0.717, 1.165) is 38.8 Å². The van der Waals surface area contributed by atoms with Crippen LogP contribution in [0.1, 0.15) is 43.2 Å². The fourth-order valence-corrected chi connectivity index (χ4v) is 6.59. The second-order valence-corrected chi connectivity index (χ2v) is 11.0. The lowest BCUT2D eigenvalue weighted by Gasteiger charge is -2.37. The molecular formula is C26H31N3O3S. The molecule has 2 aromatic carbocycles. The molecule has 4 rings (SSSR count). The number of amides is 1. The van der Waals surface area contributed by atoms with Crippen LogP contribution in [0.5, 0.6) is 0 Å². The maximum atomic E-state index is 13.1. The Kier molecular flexibility index (Phi) is 7.46. The zero-order valence-electron chi connectivity index (χ0n) is 18.9. The number of sulfonamides is 1. The molecule has 0 aliphatic carbocycles. The standard InChI is InChI=1S/C26H31N3O3S/c27-20-24-8-4-5-9-25(24)33(31,32)29-18-14-23(15-19-29)26(30)28-16-12-22(13-17-28)11-10-21-6-2-1-3-7-21/h1-9,22-23H,10-19H2. The molecule has 1 amide bonds. The Morgan fingerprint density at radius 1 is 0.909 bits per heavy atom. The molecule has 0 bridgehead atoms. The fourth-order valence-electron chi connectivity index (χ4n) is 4.98. The molecule has 2 aliphatic rings. The zero-order chi connectivity index (χ0) is 23.3. The van der Waals surface area contributed by atoms with Gasteiger partial charge < -0.3 is 4.90 Å². The van der Waals surface area contributed by atoms with E-state index in [2.05, 4.69) is 24.3 Å². The second kappa shape index (κ2) is 10.5. The summed E-state index contributed by atoms with van der Waals surface area (Å²) in [7, 11) is -3.73.